The third-order valence-electron chi connectivity index (χ3n) is 2.30. The lowest BCUT2D eigenvalue weighted by Crippen LogP contribution is -2.35. The number of esters is 1. The van der Waals surface area contributed by atoms with E-state index in [0.717, 1.165) is 10.0 Å². The van der Waals surface area contributed by atoms with Gasteiger partial charge in [-0.25, -0.2) is 4.79 Å². The van der Waals surface area contributed by atoms with E-state index >= 15 is 0 Å². The van der Waals surface area contributed by atoms with Crippen LogP contribution < -0.4 is 5.32 Å². The van der Waals surface area contributed by atoms with Crippen LogP contribution in [0.4, 0.5) is 0 Å². The Labute approximate surface area is 121 Å². The van der Waals surface area contributed by atoms with Crippen LogP contribution in [0.15, 0.2) is 22.7 Å². The van der Waals surface area contributed by atoms with E-state index in [-0.39, 0.29) is 12.0 Å². The van der Waals surface area contributed by atoms with Gasteiger partial charge in [0.1, 0.15) is 6.04 Å². The van der Waals surface area contributed by atoms with E-state index in [4.69, 9.17) is 16.3 Å². The van der Waals surface area contributed by atoms with E-state index in [1.807, 2.05) is 26.0 Å². The minimum Gasteiger partial charge on any atom is -0.465 e. The summed E-state index contributed by atoms with van der Waals surface area (Å²) in [4.78, 5) is 12.0. The second-order valence-electron chi connectivity index (χ2n) is 4.17. The molecule has 3 nitrogen and oxygen atoms in total. The number of carbonyl (C=O) groups is 1. The summed E-state index contributed by atoms with van der Waals surface area (Å²) >= 11 is 9.52. The molecule has 1 N–H and O–H groups in total. The highest BCUT2D eigenvalue weighted by Gasteiger charge is 2.24. The van der Waals surface area contributed by atoms with Gasteiger partial charge >= 0.3 is 5.97 Å². The minimum atomic E-state index is -0.537. The molecule has 0 bridgehead atoms. The largest absolute Gasteiger partial charge is 0.465 e. The smallest absolute Gasteiger partial charge is 0.327 e. The number of carbonyl (C=O) groups excluding carboxylic acids is 1. The molecule has 1 unspecified atom stereocenters. The van der Waals surface area contributed by atoms with Crippen molar-refractivity contribution in [2.45, 2.75) is 32.9 Å². The molecule has 100 valence electrons. The highest BCUT2D eigenvalue weighted by molar-refractivity contribution is 9.10. The maximum absolute atomic E-state index is 12.0. The van der Waals surface area contributed by atoms with Crippen LogP contribution in [-0.2, 0) is 9.53 Å². The van der Waals surface area contributed by atoms with Crippen LogP contribution in [0.25, 0.3) is 0 Å². The Morgan fingerprint density at radius 1 is 1.50 bits per heavy atom. The zero-order valence-electron chi connectivity index (χ0n) is 10.7. The quantitative estimate of drug-likeness (QED) is 0.834. The third-order valence-corrected chi connectivity index (χ3v) is 3.12. The van der Waals surface area contributed by atoms with E-state index < -0.39 is 6.04 Å². The number of hydrogen-bond acceptors (Lipinski definition) is 3. The van der Waals surface area contributed by atoms with Gasteiger partial charge in [0.2, 0.25) is 0 Å². The molecule has 0 aliphatic rings. The first kappa shape index (κ1) is 15.5. The van der Waals surface area contributed by atoms with E-state index in [1.54, 1.807) is 13.0 Å². The van der Waals surface area contributed by atoms with Crippen LogP contribution in [0.2, 0.25) is 5.02 Å². The average Bonchev–Trinajstić information content (AvgIpc) is 2.26. The molecule has 18 heavy (non-hydrogen) atoms. The first-order chi connectivity index (χ1) is 8.45. The molecule has 1 rings (SSSR count). The highest BCUT2D eigenvalue weighted by Crippen LogP contribution is 2.27. The molecule has 0 saturated heterocycles. The molecule has 5 heteroatoms. The number of nitrogens with one attached hydrogen (secondary N) is 1. The zero-order chi connectivity index (χ0) is 13.7. The van der Waals surface area contributed by atoms with Crippen LogP contribution in [0.5, 0.6) is 0 Å². The number of benzene rings is 1. The van der Waals surface area contributed by atoms with Gasteiger partial charge in [0.05, 0.1) is 6.61 Å². The van der Waals surface area contributed by atoms with Crippen molar-refractivity contribution >= 4 is 33.5 Å². The molecule has 0 aromatic heterocycles. The molecule has 0 aliphatic heterocycles. The summed E-state index contributed by atoms with van der Waals surface area (Å²) in [6.45, 7) is 6.08. The first-order valence-corrected chi connectivity index (χ1v) is 7.00. The summed E-state index contributed by atoms with van der Waals surface area (Å²) in [6.07, 6.45) is 0. The van der Waals surface area contributed by atoms with Gasteiger partial charge in [0.15, 0.2) is 0 Å². The number of hydrogen-bond donors (Lipinski definition) is 1. The molecule has 1 atom stereocenters. The Kier molecular flexibility index (Phi) is 6.12. The summed E-state index contributed by atoms with van der Waals surface area (Å²) in [5, 5.41) is 3.70. The summed E-state index contributed by atoms with van der Waals surface area (Å²) in [5.41, 5.74) is 0.729. The van der Waals surface area contributed by atoms with Gasteiger partial charge in [-0.2, -0.15) is 0 Å². The lowest BCUT2D eigenvalue weighted by Gasteiger charge is -2.21. The van der Waals surface area contributed by atoms with E-state index in [1.165, 1.54) is 0 Å². The number of rotatable bonds is 5. The van der Waals surface area contributed by atoms with Crippen molar-refractivity contribution in [3.63, 3.8) is 0 Å². The predicted molar refractivity (Wildman–Crippen MR) is 76.8 cm³/mol. The van der Waals surface area contributed by atoms with Gasteiger partial charge in [-0.1, -0.05) is 33.6 Å². The Balaban J connectivity index is 3.04. The summed E-state index contributed by atoms with van der Waals surface area (Å²) in [6, 6.07) is 5.06. The standard InChI is InChI=1S/C13H17BrClNO2/c1-4-18-13(17)12(16-8(2)3)10-6-5-9(14)7-11(10)15/h5-8,12,16H,4H2,1-3H3. The van der Waals surface area contributed by atoms with Gasteiger partial charge in [-0.05, 0) is 38.5 Å². The lowest BCUT2D eigenvalue weighted by molar-refractivity contribution is -0.146. The molecule has 0 aliphatic carbocycles. The molecule has 0 radical (unpaired) electrons. The maximum atomic E-state index is 12.0. The second kappa shape index (κ2) is 7.12. The molecular formula is C13H17BrClNO2. The summed E-state index contributed by atoms with van der Waals surface area (Å²) < 4.78 is 5.95. The van der Waals surface area contributed by atoms with Crippen molar-refractivity contribution in [3.8, 4) is 0 Å². The SMILES string of the molecule is CCOC(=O)C(NC(C)C)c1ccc(Br)cc1Cl. The summed E-state index contributed by atoms with van der Waals surface area (Å²) in [7, 11) is 0. The van der Waals surface area contributed by atoms with E-state index in [9.17, 15) is 4.79 Å². The van der Waals surface area contributed by atoms with Crippen LogP contribution in [-0.4, -0.2) is 18.6 Å². The molecule has 0 saturated carbocycles. The van der Waals surface area contributed by atoms with Crippen molar-refractivity contribution in [2.75, 3.05) is 6.61 Å². The predicted octanol–water partition coefficient (Wildman–Crippen LogP) is 3.70. The Morgan fingerprint density at radius 2 is 2.17 bits per heavy atom. The van der Waals surface area contributed by atoms with Crippen LogP contribution in [0.1, 0.15) is 32.4 Å². The fourth-order valence-electron chi connectivity index (χ4n) is 1.58. The van der Waals surface area contributed by atoms with Gasteiger partial charge in [-0.15, -0.1) is 0 Å². The van der Waals surface area contributed by atoms with Crippen LogP contribution in [0.3, 0.4) is 0 Å². The molecule has 1 aromatic rings. The number of halogens is 2. The van der Waals surface area contributed by atoms with Crippen molar-refractivity contribution in [1.29, 1.82) is 0 Å². The monoisotopic (exact) mass is 333 g/mol. The fraction of sp³-hybridized carbons (Fsp3) is 0.462. The zero-order valence-corrected chi connectivity index (χ0v) is 13.0. The van der Waals surface area contributed by atoms with Crippen LogP contribution in [0, 0.1) is 0 Å². The van der Waals surface area contributed by atoms with E-state index in [2.05, 4.69) is 21.2 Å². The second-order valence-corrected chi connectivity index (χ2v) is 5.50. The van der Waals surface area contributed by atoms with Crippen molar-refractivity contribution in [1.82, 2.24) is 5.32 Å². The van der Waals surface area contributed by atoms with Gasteiger partial charge in [0, 0.05) is 15.5 Å². The van der Waals surface area contributed by atoms with Crippen LogP contribution >= 0.6 is 27.5 Å². The fourth-order valence-corrected chi connectivity index (χ4v) is 2.36. The Bertz CT molecular complexity index is 423. The number of ether oxygens (including phenoxy) is 1. The maximum Gasteiger partial charge on any atom is 0.327 e. The summed E-state index contributed by atoms with van der Waals surface area (Å²) in [5.74, 6) is -0.310. The topological polar surface area (TPSA) is 38.3 Å². The van der Waals surface area contributed by atoms with Crippen molar-refractivity contribution in [3.05, 3.63) is 33.3 Å². The average molecular weight is 335 g/mol. The first-order valence-electron chi connectivity index (χ1n) is 5.83. The minimum absolute atomic E-state index is 0.152. The Hall–Kier alpha value is -0.580. The van der Waals surface area contributed by atoms with Gasteiger partial charge < -0.3 is 4.74 Å². The molecule has 0 heterocycles. The molecule has 0 spiro atoms. The highest BCUT2D eigenvalue weighted by atomic mass is 79.9. The molecular weight excluding hydrogens is 318 g/mol. The molecule has 1 aromatic carbocycles. The lowest BCUT2D eigenvalue weighted by atomic mass is 10.1. The normalized spacial score (nSPS) is 12.6. The van der Waals surface area contributed by atoms with E-state index in [0.29, 0.717) is 11.6 Å². The van der Waals surface area contributed by atoms with Gasteiger partial charge in [0.25, 0.3) is 0 Å². The third kappa shape index (κ3) is 4.26. The van der Waals surface area contributed by atoms with Crippen molar-refractivity contribution in [2.24, 2.45) is 0 Å². The molecule has 0 fully saturated rings. The van der Waals surface area contributed by atoms with Crippen molar-refractivity contribution < 1.29 is 9.53 Å². The molecule has 0 amide bonds. The Morgan fingerprint density at radius 3 is 2.67 bits per heavy atom. The van der Waals surface area contributed by atoms with Gasteiger partial charge in [-0.3, -0.25) is 5.32 Å².